The Hall–Kier alpha value is -3.00. The van der Waals surface area contributed by atoms with Crippen molar-refractivity contribution in [3.63, 3.8) is 0 Å². The first-order valence-corrected chi connectivity index (χ1v) is 13.4. The minimum atomic E-state index is -0.911. The predicted molar refractivity (Wildman–Crippen MR) is 143 cm³/mol. The van der Waals surface area contributed by atoms with Crippen LogP contribution in [0, 0.1) is 5.92 Å². The summed E-state index contributed by atoms with van der Waals surface area (Å²) in [6.45, 7) is 2.50. The average molecular weight is 522 g/mol. The van der Waals surface area contributed by atoms with E-state index < -0.39 is 11.3 Å². The smallest absolute Gasteiger partial charge is 0.265 e. The fraction of sp³-hybridized carbons (Fsp3) is 0.286. The zero-order chi connectivity index (χ0) is 24.9. The van der Waals surface area contributed by atoms with Gasteiger partial charge in [0.2, 0.25) is 0 Å². The summed E-state index contributed by atoms with van der Waals surface area (Å²) in [7, 11) is 0. The van der Waals surface area contributed by atoms with Crippen LogP contribution in [0.3, 0.4) is 0 Å². The molecule has 2 unspecified atom stereocenters. The maximum Gasteiger partial charge on any atom is 0.265 e. The first kappa shape index (κ1) is 24.7. The molecule has 2 aliphatic rings. The monoisotopic (exact) mass is 521 g/mol. The van der Waals surface area contributed by atoms with Gasteiger partial charge < -0.3 is 10.1 Å². The number of anilines is 1. The summed E-state index contributed by atoms with van der Waals surface area (Å²) in [5, 5.41) is 4.62. The van der Waals surface area contributed by atoms with Gasteiger partial charge in [0, 0.05) is 30.3 Å². The number of carbonyl (C=O) groups excluding carboxylic acids is 2. The molecule has 3 aromatic rings. The van der Waals surface area contributed by atoms with Gasteiger partial charge in [-0.25, -0.2) is 5.01 Å². The molecule has 2 aliphatic heterocycles. The minimum Gasteiger partial charge on any atom is -0.385 e. The first-order valence-electron chi connectivity index (χ1n) is 12.1. The van der Waals surface area contributed by atoms with Gasteiger partial charge in [-0.1, -0.05) is 66.2 Å². The Labute approximate surface area is 220 Å². The van der Waals surface area contributed by atoms with E-state index in [2.05, 4.69) is 16.8 Å². The molecule has 0 bridgehead atoms. The summed E-state index contributed by atoms with van der Waals surface area (Å²) < 4.78 is 5.47. The molecule has 0 spiro atoms. The van der Waals surface area contributed by atoms with E-state index in [0.29, 0.717) is 15.8 Å². The molecule has 0 aliphatic carbocycles. The lowest BCUT2D eigenvalue weighted by Gasteiger charge is -2.29. The van der Waals surface area contributed by atoms with E-state index >= 15 is 0 Å². The number of halogens is 1. The molecule has 5 rings (SSSR count). The molecule has 0 aromatic heterocycles. The second-order valence-electron chi connectivity index (χ2n) is 8.99. The lowest BCUT2D eigenvalue weighted by molar-refractivity contribution is -0.131. The normalized spacial score (nSPS) is 19.2. The Morgan fingerprint density at radius 1 is 0.972 bits per heavy atom. The number of hydrazine groups is 1. The van der Waals surface area contributed by atoms with Crippen molar-refractivity contribution in [1.82, 2.24) is 10.4 Å². The maximum absolute atomic E-state index is 13.6. The number of nitrogens with one attached hydrogen (secondary N) is 2. The van der Waals surface area contributed by atoms with Crippen LogP contribution in [0.5, 0.6) is 0 Å². The van der Waals surface area contributed by atoms with Gasteiger partial charge in [0.25, 0.3) is 11.8 Å². The van der Waals surface area contributed by atoms with Crippen LogP contribution in [-0.2, 0) is 14.3 Å². The lowest BCUT2D eigenvalue weighted by atomic mass is 9.97. The van der Waals surface area contributed by atoms with Crippen LogP contribution < -0.4 is 10.7 Å². The number of hydrogen-bond donors (Lipinski definition) is 2. The maximum atomic E-state index is 13.6. The number of amides is 2. The van der Waals surface area contributed by atoms with E-state index in [4.69, 9.17) is 16.3 Å². The fourth-order valence-electron chi connectivity index (χ4n) is 4.59. The number of rotatable bonds is 8. The summed E-state index contributed by atoms with van der Waals surface area (Å²) in [6.07, 6.45) is 2.11. The van der Waals surface area contributed by atoms with Crippen LogP contribution in [0.1, 0.15) is 30.0 Å². The van der Waals surface area contributed by atoms with Gasteiger partial charge in [-0.15, -0.1) is 11.8 Å². The molecule has 186 valence electrons. The number of benzene rings is 3. The molecule has 36 heavy (non-hydrogen) atoms. The largest absolute Gasteiger partial charge is 0.385 e. The number of thioether (sulfide) groups is 1. The van der Waals surface area contributed by atoms with Crippen molar-refractivity contribution in [2.75, 3.05) is 25.1 Å². The molecule has 8 heteroatoms. The first-order chi connectivity index (χ1) is 17.6. The summed E-state index contributed by atoms with van der Waals surface area (Å²) >= 11 is 7.48. The third kappa shape index (κ3) is 5.53. The molecule has 0 saturated carbocycles. The molecule has 2 heterocycles. The van der Waals surface area contributed by atoms with Crippen LogP contribution in [-0.4, -0.2) is 41.8 Å². The molecule has 2 fully saturated rings. The van der Waals surface area contributed by atoms with Gasteiger partial charge in [0.05, 0.1) is 5.02 Å². The zero-order valence-electron chi connectivity index (χ0n) is 19.7. The third-order valence-electron chi connectivity index (χ3n) is 6.52. The van der Waals surface area contributed by atoms with E-state index in [9.17, 15) is 9.59 Å². The Morgan fingerprint density at radius 3 is 2.47 bits per heavy atom. The van der Waals surface area contributed by atoms with Crippen molar-refractivity contribution in [1.29, 1.82) is 0 Å². The summed E-state index contributed by atoms with van der Waals surface area (Å²) in [5.41, 5.74) is 5.65. The molecule has 2 N–H and O–H groups in total. The van der Waals surface area contributed by atoms with Gasteiger partial charge in [0.15, 0.2) is 5.25 Å². The highest BCUT2D eigenvalue weighted by atomic mass is 35.5. The standard InChI is InChI=1S/C28H28ClN3O3S/c29-23-11-4-5-12-24(23)36-26-27(33)31-32(28(26)34)25(20-7-2-1-3-8-20)21-9-6-10-22(17-21)30-18-19-13-15-35-16-14-19/h1-12,17,19,25-26,30H,13-16,18H2,(H,31,33). The van der Waals surface area contributed by atoms with Crippen molar-refractivity contribution >= 4 is 40.9 Å². The Bertz CT molecular complexity index is 1220. The van der Waals surface area contributed by atoms with Gasteiger partial charge in [0.1, 0.15) is 6.04 Å². The van der Waals surface area contributed by atoms with Crippen LogP contribution in [0.15, 0.2) is 83.8 Å². The highest BCUT2D eigenvalue weighted by Gasteiger charge is 2.44. The summed E-state index contributed by atoms with van der Waals surface area (Å²) in [4.78, 5) is 27.2. The third-order valence-corrected chi connectivity index (χ3v) is 8.23. The molecule has 3 aromatic carbocycles. The molecule has 2 atom stereocenters. The van der Waals surface area contributed by atoms with Crippen LogP contribution >= 0.6 is 23.4 Å². The summed E-state index contributed by atoms with van der Waals surface area (Å²) in [6, 6.07) is 24.6. The zero-order valence-corrected chi connectivity index (χ0v) is 21.3. The second kappa shape index (κ2) is 11.4. The van der Waals surface area contributed by atoms with Gasteiger partial charge >= 0.3 is 0 Å². The van der Waals surface area contributed by atoms with Crippen molar-refractivity contribution in [3.8, 4) is 0 Å². The number of hydrogen-bond acceptors (Lipinski definition) is 5. The minimum absolute atomic E-state index is 0.292. The Kier molecular flexibility index (Phi) is 7.80. The van der Waals surface area contributed by atoms with E-state index in [1.54, 1.807) is 6.07 Å². The van der Waals surface area contributed by atoms with Gasteiger partial charge in [-0.2, -0.15) is 0 Å². The van der Waals surface area contributed by atoms with Crippen molar-refractivity contribution in [2.45, 2.75) is 29.0 Å². The quantitative estimate of drug-likeness (QED) is 0.393. The van der Waals surface area contributed by atoms with Crippen molar-refractivity contribution in [3.05, 3.63) is 95.0 Å². The summed E-state index contributed by atoms with van der Waals surface area (Å²) in [5.74, 6) is -0.0617. The van der Waals surface area contributed by atoms with Crippen molar-refractivity contribution < 1.29 is 14.3 Å². The SMILES string of the molecule is O=C1NN(C(c2ccccc2)c2cccc(NCC3CCOCC3)c2)C(=O)C1Sc1ccccc1Cl. The number of nitrogens with zero attached hydrogens (tertiary/aromatic N) is 1. The van der Waals surface area contributed by atoms with Crippen LogP contribution in [0.4, 0.5) is 5.69 Å². The highest BCUT2D eigenvalue weighted by molar-refractivity contribution is 8.01. The number of ether oxygens (including phenoxy) is 1. The van der Waals surface area contributed by atoms with E-state index in [-0.39, 0.29) is 11.8 Å². The molecule has 2 saturated heterocycles. The van der Waals surface area contributed by atoms with Crippen LogP contribution in [0.2, 0.25) is 5.02 Å². The van der Waals surface area contributed by atoms with Crippen molar-refractivity contribution in [2.24, 2.45) is 5.92 Å². The second-order valence-corrected chi connectivity index (χ2v) is 10.5. The molecule has 6 nitrogen and oxygen atoms in total. The fourth-order valence-corrected chi connectivity index (χ4v) is 5.83. The predicted octanol–water partition coefficient (Wildman–Crippen LogP) is 5.30. The Balaban J connectivity index is 1.40. The van der Waals surface area contributed by atoms with E-state index in [1.807, 2.05) is 66.7 Å². The highest BCUT2D eigenvalue weighted by Crippen LogP contribution is 2.37. The molecular formula is C28H28ClN3O3S. The average Bonchev–Trinajstić information content (AvgIpc) is 3.18. The number of carbonyl (C=O) groups is 2. The lowest BCUT2D eigenvalue weighted by Crippen LogP contribution is -2.40. The molecule has 2 amide bonds. The van der Waals surface area contributed by atoms with Crippen LogP contribution in [0.25, 0.3) is 0 Å². The van der Waals surface area contributed by atoms with Gasteiger partial charge in [-0.05, 0) is 54.2 Å². The van der Waals surface area contributed by atoms with E-state index in [0.717, 1.165) is 49.4 Å². The Morgan fingerprint density at radius 2 is 1.69 bits per heavy atom. The topological polar surface area (TPSA) is 70.7 Å². The molecular weight excluding hydrogens is 494 g/mol. The van der Waals surface area contributed by atoms with Gasteiger partial charge in [-0.3, -0.25) is 15.0 Å². The van der Waals surface area contributed by atoms with E-state index in [1.165, 1.54) is 16.8 Å². The molecule has 0 radical (unpaired) electrons.